The van der Waals surface area contributed by atoms with Crippen molar-refractivity contribution < 1.29 is 4.74 Å². The predicted octanol–water partition coefficient (Wildman–Crippen LogP) is 1.55. The Balaban J connectivity index is 2.37. The maximum absolute atomic E-state index is 5.35. The van der Waals surface area contributed by atoms with E-state index in [2.05, 4.69) is 19.2 Å². The van der Waals surface area contributed by atoms with Gasteiger partial charge in [-0.2, -0.15) is 0 Å². The monoisotopic (exact) mass is 157 g/mol. The van der Waals surface area contributed by atoms with Gasteiger partial charge in [-0.25, -0.2) is 0 Å². The Morgan fingerprint density at radius 1 is 1.45 bits per heavy atom. The van der Waals surface area contributed by atoms with Gasteiger partial charge >= 0.3 is 0 Å². The Kier molecular flexibility index (Phi) is 3.34. The van der Waals surface area contributed by atoms with E-state index >= 15 is 0 Å². The summed E-state index contributed by atoms with van der Waals surface area (Å²) in [6, 6.07) is 1.29. The minimum absolute atomic E-state index is 0.483. The van der Waals surface area contributed by atoms with Gasteiger partial charge in [0.25, 0.3) is 0 Å². The molecule has 0 bridgehead atoms. The zero-order valence-corrected chi connectivity index (χ0v) is 7.76. The molecule has 0 aromatic heterocycles. The highest BCUT2D eigenvalue weighted by Crippen LogP contribution is 2.17. The molecule has 0 aromatic rings. The second-order valence-corrected chi connectivity index (χ2v) is 3.50. The molecule has 1 N–H and O–H groups in total. The van der Waals surface area contributed by atoms with E-state index in [1.54, 1.807) is 0 Å². The van der Waals surface area contributed by atoms with Crippen molar-refractivity contribution in [2.75, 3.05) is 7.11 Å². The molecule has 1 saturated heterocycles. The number of rotatable bonds is 2. The van der Waals surface area contributed by atoms with Crippen molar-refractivity contribution in [2.45, 2.75) is 51.3 Å². The molecule has 0 aromatic carbocycles. The van der Waals surface area contributed by atoms with Gasteiger partial charge in [0.15, 0.2) is 0 Å². The minimum Gasteiger partial charge on any atom is -0.381 e. The van der Waals surface area contributed by atoms with Crippen LogP contribution in [-0.2, 0) is 4.74 Å². The number of methoxy groups -OCH3 is 1. The smallest absolute Gasteiger partial charge is 0.0600 e. The average molecular weight is 157 g/mol. The van der Waals surface area contributed by atoms with Crippen LogP contribution in [-0.4, -0.2) is 25.3 Å². The normalized spacial score (nSPS) is 39.0. The second-order valence-electron chi connectivity index (χ2n) is 3.50. The molecule has 1 fully saturated rings. The Morgan fingerprint density at radius 2 is 2.18 bits per heavy atom. The topological polar surface area (TPSA) is 21.3 Å². The zero-order chi connectivity index (χ0) is 8.27. The van der Waals surface area contributed by atoms with Crippen LogP contribution in [0.3, 0.4) is 0 Å². The van der Waals surface area contributed by atoms with Crippen LogP contribution >= 0.6 is 0 Å². The first kappa shape index (κ1) is 9.01. The first-order valence-corrected chi connectivity index (χ1v) is 4.55. The fourth-order valence-corrected chi connectivity index (χ4v) is 1.82. The van der Waals surface area contributed by atoms with Crippen LogP contribution in [0.5, 0.6) is 0 Å². The van der Waals surface area contributed by atoms with Gasteiger partial charge in [-0.1, -0.05) is 6.92 Å². The molecule has 2 heteroatoms. The summed E-state index contributed by atoms with van der Waals surface area (Å²) in [7, 11) is 1.81. The second kappa shape index (κ2) is 4.07. The van der Waals surface area contributed by atoms with Gasteiger partial charge in [-0.3, -0.25) is 0 Å². The van der Waals surface area contributed by atoms with Crippen molar-refractivity contribution >= 4 is 0 Å². The Hall–Kier alpha value is -0.0800. The molecule has 1 aliphatic heterocycles. The fraction of sp³-hybridized carbons (Fsp3) is 1.00. The molecular weight excluding hydrogens is 138 g/mol. The van der Waals surface area contributed by atoms with Gasteiger partial charge in [0.2, 0.25) is 0 Å². The maximum atomic E-state index is 5.35. The van der Waals surface area contributed by atoms with Gasteiger partial charge in [0.1, 0.15) is 0 Å². The Bertz CT molecular complexity index is 104. The maximum Gasteiger partial charge on any atom is 0.0600 e. The molecule has 0 amide bonds. The standard InChI is InChI=1S/C9H19NO/c1-4-8-6-9(11-3)5-7(2)10-8/h7-10H,4-6H2,1-3H3/t7-,8+,9-/m0/s1. The molecule has 1 heterocycles. The molecule has 1 aliphatic rings. The number of piperidine rings is 1. The predicted molar refractivity (Wildman–Crippen MR) is 46.7 cm³/mol. The highest BCUT2D eigenvalue weighted by Gasteiger charge is 2.23. The van der Waals surface area contributed by atoms with Crippen LogP contribution in [0.25, 0.3) is 0 Å². The summed E-state index contributed by atoms with van der Waals surface area (Å²) in [5.41, 5.74) is 0. The van der Waals surface area contributed by atoms with E-state index in [4.69, 9.17) is 4.74 Å². The van der Waals surface area contributed by atoms with E-state index < -0.39 is 0 Å². The van der Waals surface area contributed by atoms with Crippen molar-refractivity contribution in [1.82, 2.24) is 5.32 Å². The summed E-state index contributed by atoms with van der Waals surface area (Å²) < 4.78 is 5.35. The summed E-state index contributed by atoms with van der Waals surface area (Å²) in [4.78, 5) is 0. The highest BCUT2D eigenvalue weighted by molar-refractivity contribution is 4.82. The molecule has 1 rings (SSSR count). The van der Waals surface area contributed by atoms with Crippen LogP contribution in [0.4, 0.5) is 0 Å². The van der Waals surface area contributed by atoms with Gasteiger partial charge in [-0.05, 0) is 26.2 Å². The lowest BCUT2D eigenvalue weighted by atomic mass is 9.95. The third-order valence-electron chi connectivity index (χ3n) is 2.51. The van der Waals surface area contributed by atoms with E-state index in [1.807, 2.05) is 7.11 Å². The summed E-state index contributed by atoms with van der Waals surface area (Å²) in [6.45, 7) is 4.45. The highest BCUT2D eigenvalue weighted by atomic mass is 16.5. The number of hydrogen-bond acceptors (Lipinski definition) is 2. The summed E-state index contributed by atoms with van der Waals surface area (Å²) >= 11 is 0. The van der Waals surface area contributed by atoms with Gasteiger partial charge < -0.3 is 10.1 Å². The van der Waals surface area contributed by atoms with E-state index in [-0.39, 0.29) is 0 Å². The lowest BCUT2D eigenvalue weighted by Gasteiger charge is -2.33. The number of ether oxygens (including phenoxy) is 1. The van der Waals surface area contributed by atoms with Crippen LogP contribution in [0.1, 0.15) is 33.1 Å². The number of hydrogen-bond donors (Lipinski definition) is 1. The molecule has 66 valence electrons. The van der Waals surface area contributed by atoms with E-state index in [9.17, 15) is 0 Å². The van der Waals surface area contributed by atoms with Crippen LogP contribution in [0.2, 0.25) is 0 Å². The molecule has 0 spiro atoms. The zero-order valence-electron chi connectivity index (χ0n) is 7.76. The van der Waals surface area contributed by atoms with E-state index in [1.165, 1.54) is 12.8 Å². The lowest BCUT2D eigenvalue weighted by molar-refractivity contribution is 0.0481. The van der Waals surface area contributed by atoms with Crippen LogP contribution < -0.4 is 5.32 Å². The number of nitrogens with one attached hydrogen (secondary N) is 1. The van der Waals surface area contributed by atoms with Crippen molar-refractivity contribution in [3.63, 3.8) is 0 Å². The molecule has 11 heavy (non-hydrogen) atoms. The van der Waals surface area contributed by atoms with Gasteiger partial charge in [0, 0.05) is 19.2 Å². The first-order valence-electron chi connectivity index (χ1n) is 4.55. The van der Waals surface area contributed by atoms with E-state index in [0.717, 1.165) is 6.42 Å². The third-order valence-corrected chi connectivity index (χ3v) is 2.51. The first-order chi connectivity index (χ1) is 5.26. The van der Waals surface area contributed by atoms with Gasteiger partial charge in [0.05, 0.1) is 6.10 Å². The fourth-order valence-electron chi connectivity index (χ4n) is 1.82. The molecular formula is C9H19NO. The summed E-state index contributed by atoms with van der Waals surface area (Å²) in [5.74, 6) is 0. The SMILES string of the molecule is CC[C@@H]1C[C@@H](OC)C[C@H](C)N1. The third kappa shape index (κ3) is 2.46. The quantitative estimate of drug-likeness (QED) is 0.656. The van der Waals surface area contributed by atoms with Crippen molar-refractivity contribution in [2.24, 2.45) is 0 Å². The van der Waals surface area contributed by atoms with Crippen LogP contribution in [0, 0.1) is 0 Å². The molecule has 3 atom stereocenters. The summed E-state index contributed by atoms with van der Waals surface area (Å²) in [5, 5.41) is 3.55. The van der Waals surface area contributed by atoms with Crippen molar-refractivity contribution in [1.29, 1.82) is 0 Å². The summed E-state index contributed by atoms with van der Waals surface area (Å²) in [6.07, 6.45) is 4.03. The molecule has 2 nitrogen and oxygen atoms in total. The Labute approximate surface area is 69.3 Å². The largest absolute Gasteiger partial charge is 0.381 e. The molecule has 0 radical (unpaired) electrons. The molecule has 0 saturated carbocycles. The van der Waals surface area contributed by atoms with Crippen molar-refractivity contribution in [3.05, 3.63) is 0 Å². The minimum atomic E-state index is 0.483. The lowest BCUT2D eigenvalue weighted by Crippen LogP contribution is -2.46. The molecule has 0 aliphatic carbocycles. The Morgan fingerprint density at radius 3 is 2.73 bits per heavy atom. The van der Waals surface area contributed by atoms with Crippen molar-refractivity contribution in [3.8, 4) is 0 Å². The van der Waals surface area contributed by atoms with Crippen LogP contribution in [0.15, 0.2) is 0 Å². The molecule has 0 unspecified atom stereocenters. The van der Waals surface area contributed by atoms with E-state index in [0.29, 0.717) is 18.2 Å². The van der Waals surface area contributed by atoms with Gasteiger partial charge in [-0.15, -0.1) is 0 Å². The average Bonchev–Trinajstić information content (AvgIpc) is 2.03.